The second-order valence-corrected chi connectivity index (χ2v) is 7.51. The van der Waals surface area contributed by atoms with E-state index in [1.807, 2.05) is 5.38 Å². The molecule has 4 heterocycles. The van der Waals surface area contributed by atoms with E-state index >= 15 is 0 Å². The van der Waals surface area contributed by atoms with E-state index in [1.54, 1.807) is 6.07 Å². The first kappa shape index (κ1) is 15.7. The Morgan fingerprint density at radius 2 is 2.17 bits per heavy atom. The zero-order valence-corrected chi connectivity index (χ0v) is 14.4. The molecule has 4 rings (SSSR count). The van der Waals surface area contributed by atoms with Gasteiger partial charge in [0.2, 0.25) is 0 Å². The van der Waals surface area contributed by atoms with Crippen LogP contribution in [0.1, 0.15) is 55.4 Å². The van der Waals surface area contributed by atoms with Gasteiger partial charge in [-0.1, -0.05) is 17.8 Å². The van der Waals surface area contributed by atoms with Crippen LogP contribution in [0, 0.1) is 10.1 Å². The van der Waals surface area contributed by atoms with Gasteiger partial charge in [0.25, 0.3) is 0 Å². The minimum absolute atomic E-state index is 0.220. The Kier molecular flexibility index (Phi) is 4.32. The summed E-state index contributed by atoms with van der Waals surface area (Å²) in [6.07, 6.45) is 6.90. The Labute approximate surface area is 144 Å². The van der Waals surface area contributed by atoms with Crippen molar-refractivity contribution in [1.29, 1.82) is 0 Å². The number of hydrogen-bond donors (Lipinski definition) is 0. The predicted molar refractivity (Wildman–Crippen MR) is 90.9 cm³/mol. The summed E-state index contributed by atoms with van der Waals surface area (Å²) in [5.74, 6) is 2.22. The molecule has 0 amide bonds. The van der Waals surface area contributed by atoms with Crippen LogP contribution in [0.2, 0.25) is 0 Å². The van der Waals surface area contributed by atoms with E-state index in [1.165, 1.54) is 30.6 Å². The van der Waals surface area contributed by atoms with E-state index < -0.39 is 0 Å². The van der Waals surface area contributed by atoms with Crippen LogP contribution in [0.4, 0.5) is 5.00 Å². The molecular formula is C16H21N5O2S. The number of likely N-dealkylation sites (tertiary alicyclic amines) is 1. The summed E-state index contributed by atoms with van der Waals surface area (Å²) >= 11 is 1.21. The van der Waals surface area contributed by atoms with Crippen molar-refractivity contribution >= 4 is 16.3 Å². The van der Waals surface area contributed by atoms with Crippen LogP contribution in [0.25, 0.3) is 0 Å². The summed E-state index contributed by atoms with van der Waals surface area (Å²) in [7, 11) is 0. The van der Waals surface area contributed by atoms with Crippen LogP contribution in [-0.4, -0.2) is 31.1 Å². The summed E-state index contributed by atoms with van der Waals surface area (Å²) in [5, 5.41) is 21.9. The minimum Gasteiger partial charge on any atom is -0.314 e. The summed E-state index contributed by atoms with van der Waals surface area (Å²) in [6, 6.07) is 1.98. The van der Waals surface area contributed by atoms with Crippen molar-refractivity contribution in [3.05, 3.63) is 38.8 Å². The number of thiophene rings is 1. The molecule has 0 N–H and O–H groups in total. The molecular weight excluding hydrogens is 326 g/mol. The number of fused-ring (bicyclic) bond motifs is 1. The third kappa shape index (κ3) is 2.95. The number of nitro groups is 1. The lowest BCUT2D eigenvalue weighted by molar-refractivity contribution is -0.380. The lowest BCUT2D eigenvalue weighted by atomic mass is 10.2. The van der Waals surface area contributed by atoms with Gasteiger partial charge >= 0.3 is 5.00 Å². The molecule has 2 aromatic rings. The van der Waals surface area contributed by atoms with Crippen molar-refractivity contribution in [2.24, 2.45) is 0 Å². The van der Waals surface area contributed by atoms with Gasteiger partial charge in [0.15, 0.2) is 0 Å². The SMILES string of the molecule is O=[N+]([O-])c1cc(CN2CCCC2c2nnc3n2CCCCC3)cs1. The Hall–Kier alpha value is -1.80. The molecule has 0 radical (unpaired) electrons. The molecule has 1 saturated heterocycles. The quantitative estimate of drug-likeness (QED) is 0.626. The fraction of sp³-hybridized carbons (Fsp3) is 0.625. The average molecular weight is 347 g/mol. The molecule has 0 bridgehead atoms. The van der Waals surface area contributed by atoms with E-state index in [-0.39, 0.29) is 16.0 Å². The second kappa shape index (κ2) is 6.60. The third-order valence-corrected chi connectivity index (χ3v) is 5.93. The number of aryl methyl sites for hydroxylation is 1. The van der Waals surface area contributed by atoms with Crippen molar-refractivity contribution in [2.75, 3.05) is 6.54 Å². The van der Waals surface area contributed by atoms with Crippen LogP contribution >= 0.6 is 11.3 Å². The lowest BCUT2D eigenvalue weighted by Gasteiger charge is -2.24. The smallest absolute Gasteiger partial charge is 0.314 e. The van der Waals surface area contributed by atoms with Gasteiger partial charge in [0, 0.05) is 31.0 Å². The molecule has 1 unspecified atom stereocenters. The average Bonchev–Trinajstić information content (AvgIpc) is 3.25. The van der Waals surface area contributed by atoms with E-state index in [4.69, 9.17) is 0 Å². The first-order valence-corrected chi connectivity index (χ1v) is 9.48. The van der Waals surface area contributed by atoms with Gasteiger partial charge in [-0.2, -0.15) is 0 Å². The van der Waals surface area contributed by atoms with E-state index in [0.29, 0.717) is 0 Å². The molecule has 1 fully saturated rings. The van der Waals surface area contributed by atoms with Gasteiger partial charge in [-0.05, 0) is 37.8 Å². The van der Waals surface area contributed by atoms with Gasteiger partial charge < -0.3 is 4.57 Å². The van der Waals surface area contributed by atoms with Crippen molar-refractivity contribution in [2.45, 2.75) is 57.7 Å². The van der Waals surface area contributed by atoms with Gasteiger partial charge in [-0.15, -0.1) is 10.2 Å². The topological polar surface area (TPSA) is 77.1 Å². The fourth-order valence-corrected chi connectivity index (χ4v) is 4.56. The minimum atomic E-state index is -0.311. The van der Waals surface area contributed by atoms with Gasteiger partial charge in [-0.3, -0.25) is 15.0 Å². The Morgan fingerprint density at radius 3 is 3.00 bits per heavy atom. The summed E-state index contributed by atoms with van der Waals surface area (Å²) in [5.41, 5.74) is 1.02. The standard InChI is InChI=1S/C16H21N5O2S/c22-21(23)15-9-12(11-24-15)10-19-7-4-5-13(19)16-18-17-14-6-2-1-3-8-20(14)16/h9,11,13H,1-8,10H2. The number of nitrogens with zero attached hydrogens (tertiary/aromatic N) is 5. The third-order valence-electron chi connectivity index (χ3n) is 5.01. The van der Waals surface area contributed by atoms with E-state index in [9.17, 15) is 10.1 Å². The van der Waals surface area contributed by atoms with E-state index in [0.717, 1.165) is 56.1 Å². The molecule has 7 nitrogen and oxygen atoms in total. The highest BCUT2D eigenvalue weighted by Gasteiger charge is 2.31. The predicted octanol–water partition coefficient (Wildman–Crippen LogP) is 3.31. The van der Waals surface area contributed by atoms with Crippen molar-refractivity contribution in [1.82, 2.24) is 19.7 Å². The highest BCUT2D eigenvalue weighted by Crippen LogP contribution is 2.34. The molecule has 1 atom stereocenters. The molecule has 128 valence electrons. The first-order valence-electron chi connectivity index (χ1n) is 8.60. The van der Waals surface area contributed by atoms with Crippen molar-refractivity contribution in [3.8, 4) is 0 Å². The lowest BCUT2D eigenvalue weighted by Crippen LogP contribution is -2.25. The van der Waals surface area contributed by atoms with Crippen LogP contribution in [0.15, 0.2) is 11.4 Å². The largest absolute Gasteiger partial charge is 0.324 e. The highest BCUT2D eigenvalue weighted by atomic mass is 32.1. The maximum atomic E-state index is 10.9. The highest BCUT2D eigenvalue weighted by molar-refractivity contribution is 7.13. The fourth-order valence-electron chi connectivity index (χ4n) is 3.84. The molecule has 2 aromatic heterocycles. The molecule has 2 aliphatic rings. The van der Waals surface area contributed by atoms with Crippen LogP contribution in [-0.2, 0) is 19.5 Å². The Morgan fingerprint density at radius 1 is 1.25 bits per heavy atom. The zero-order valence-electron chi connectivity index (χ0n) is 13.6. The molecule has 24 heavy (non-hydrogen) atoms. The monoisotopic (exact) mass is 347 g/mol. The maximum Gasteiger partial charge on any atom is 0.324 e. The van der Waals surface area contributed by atoms with Crippen molar-refractivity contribution in [3.63, 3.8) is 0 Å². The summed E-state index contributed by atoms with van der Waals surface area (Å²) in [6.45, 7) is 2.78. The van der Waals surface area contributed by atoms with Crippen LogP contribution < -0.4 is 0 Å². The number of rotatable bonds is 4. The van der Waals surface area contributed by atoms with Gasteiger partial charge in [0.05, 0.1) is 11.0 Å². The number of hydrogen-bond acceptors (Lipinski definition) is 6. The molecule has 0 spiro atoms. The molecule has 0 aliphatic carbocycles. The van der Waals surface area contributed by atoms with Gasteiger partial charge in [-0.25, -0.2) is 0 Å². The Balaban J connectivity index is 1.54. The molecule has 0 aromatic carbocycles. The van der Waals surface area contributed by atoms with E-state index in [2.05, 4.69) is 19.7 Å². The van der Waals surface area contributed by atoms with Gasteiger partial charge in [0.1, 0.15) is 11.6 Å². The second-order valence-electron chi connectivity index (χ2n) is 6.62. The van der Waals surface area contributed by atoms with Crippen LogP contribution in [0.3, 0.4) is 0 Å². The zero-order chi connectivity index (χ0) is 16.5. The normalized spacial score (nSPS) is 21.6. The summed E-state index contributed by atoms with van der Waals surface area (Å²) < 4.78 is 2.33. The molecule has 0 saturated carbocycles. The number of aromatic nitrogens is 3. The summed E-state index contributed by atoms with van der Waals surface area (Å²) in [4.78, 5) is 13.0. The molecule has 2 aliphatic heterocycles. The first-order chi connectivity index (χ1) is 11.7. The Bertz CT molecular complexity index is 741. The van der Waals surface area contributed by atoms with Crippen LogP contribution in [0.5, 0.6) is 0 Å². The van der Waals surface area contributed by atoms with Crippen molar-refractivity contribution < 1.29 is 4.92 Å². The molecule has 8 heteroatoms. The maximum absolute atomic E-state index is 10.9.